The van der Waals surface area contributed by atoms with Gasteiger partial charge in [0.1, 0.15) is 0 Å². The summed E-state index contributed by atoms with van der Waals surface area (Å²) in [6.45, 7) is 9.59. The normalized spacial score (nSPS) is 9.85. The van der Waals surface area contributed by atoms with Gasteiger partial charge in [-0.25, -0.2) is 0 Å². The number of nitrogens with zero attached hydrogens (tertiary/aromatic N) is 2. The molecular weight excluding hydrogens is 293 g/mol. The molecule has 0 unspecified atom stereocenters. The molecule has 0 aliphatic carbocycles. The van der Waals surface area contributed by atoms with E-state index in [0.29, 0.717) is 0 Å². The molecule has 0 amide bonds. The van der Waals surface area contributed by atoms with Crippen molar-refractivity contribution in [3.05, 3.63) is 29.8 Å². The molecule has 0 aliphatic rings. The SMILES string of the molecule is CCN(CC)c1ccc(CNCCN(C)C)cc1.Cl.Cl. The Morgan fingerprint density at radius 3 is 1.95 bits per heavy atom. The van der Waals surface area contributed by atoms with Gasteiger partial charge in [-0.2, -0.15) is 0 Å². The molecule has 20 heavy (non-hydrogen) atoms. The summed E-state index contributed by atoms with van der Waals surface area (Å²) >= 11 is 0. The summed E-state index contributed by atoms with van der Waals surface area (Å²) in [6, 6.07) is 8.87. The first kappa shape index (κ1) is 21.8. The van der Waals surface area contributed by atoms with Crippen LogP contribution in [0.4, 0.5) is 5.69 Å². The summed E-state index contributed by atoms with van der Waals surface area (Å²) < 4.78 is 0. The number of rotatable bonds is 8. The molecule has 118 valence electrons. The number of benzene rings is 1. The van der Waals surface area contributed by atoms with Crippen LogP contribution in [0.5, 0.6) is 0 Å². The third-order valence-electron chi connectivity index (χ3n) is 3.13. The van der Waals surface area contributed by atoms with E-state index in [1.54, 1.807) is 0 Å². The summed E-state index contributed by atoms with van der Waals surface area (Å²) in [5, 5.41) is 3.45. The molecule has 5 heteroatoms. The Balaban J connectivity index is 0. The van der Waals surface area contributed by atoms with Gasteiger partial charge in [-0.05, 0) is 45.6 Å². The molecule has 1 N–H and O–H groups in total. The van der Waals surface area contributed by atoms with Gasteiger partial charge in [0.25, 0.3) is 0 Å². The van der Waals surface area contributed by atoms with Crippen molar-refractivity contribution < 1.29 is 0 Å². The second-order valence-corrected chi connectivity index (χ2v) is 4.82. The fraction of sp³-hybridized carbons (Fsp3) is 0.600. The van der Waals surface area contributed by atoms with Crippen LogP contribution in [0.15, 0.2) is 24.3 Å². The first-order valence-corrected chi connectivity index (χ1v) is 6.86. The Bertz CT molecular complexity index is 324. The maximum absolute atomic E-state index is 3.45. The minimum Gasteiger partial charge on any atom is -0.372 e. The van der Waals surface area contributed by atoms with Crippen molar-refractivity contribution in [3.63, 3.8) is 0 Å². The van der Waals surface area contributed by atoms with Crippen LogP contribution >= 0.6 is 24.8 Å². The van der Waals surface area contributed by atoms with Crippen molar-refractivity contribution in [2.24, 2.45) is 0 Å². The number of nitrogens with one attached hydrogen (secondary N) is 1. The summed E-state index contributed by atoms with van der Waals surface area (Å²) in [5.74, 6) is 0. The van der Waals surface area contributed by atoms with E-state index in [2.05, 4.69) is 67.3 Å². The molecule has 0 spiro atoms. The highest BCUT2D eigenvalue weighted by molar-refractivity contribution is 5.85. The molecule has 3 nitrogen and oxygen atoms in total. The maximum Gasteiger partial charge on any atom is 0.0366 e. The van der Waals surface area contributed by atoms with Crippen molar-refractivity contribution in [2.45, 2.75) is 20.4 Å². The van der Waals surface area contributed by atoms with E-state index in [4.69, 9.17) is 0 Å². The van der Waals surface area contributed by atoms with Crippen LogP contribution in [0, 0.1) is 0 Å². The Hall–Kier alpha value is -0.480. The van der Waals surface area contributed by atoms with E-state index >= 15 is 0 Å². The van der Waals surface area contributed by atoms with Crippen molar-refractivity contribution in [1.29, 1.82) is 0 Å². The minimum absolute atomic E-state index is 0. The van der Waals surface area contributed by atoms with Crippen molar-refractivity contribution in [2.75, 3.05) is 45.2 Å². The zero-order valence-corrected chi connectivity index (χ0v) is 14.7. The van der Waals surface area contributed by atoms with E-state index < -0.39 is 0 Å². The van der Waals surface area contributed by atoms with Crippen LogP contribution in [0.1, 0.15) is 19.4 Å². The summed E-state index contributed by atoms with van der Waals surface area (Å²) in [5.41, 5.74) is 2.67. The lowest BCUT2D eigenvalue weighted by Gasteiger charge is -2.21. The average Bonchev–Trinajstić information content (AvgIpc) is 2.37. The van der Waals surface area contributed by atoms with Gasteiger partial charge in [0.05, 0.1) is 0 Å². The Kier molecular flexibility index (Phi) is 13.4. The third kappa shape index (κ3) is 7.95. The molecule has 0 saturated carbocycles. The molecule has 0 bridgehead atoms. The lowest BCUT2D eigenvalue weighted by Crippen LogP contribution is -2.26. The summed E-state index contributed by atoms with van der Waals surface area (Å²) in [6.07, 6.45) is 0. The molecule has 0 heterocycles. The first-order chi connectivity index (χ1) is 8.67. The molecule has 0 atom stereocenters. The van der Waals surface area contributed by atoms with E-state index in [0.717, 1.165) is 32.7 Å². The fourth-order valence-electron chi connectivity index (χ4n) is 1.95. The molecule has 0 aromatic heterocycles. The highest BCUT2D eigenvalue weighted by atomic mass is 35.5. The van der Waals surface area contributed by atoms with Crippen LogP contribution in [0.2, 0.25) is 0 Å². The van der Waals surface area contributed by atoms with Crippen molar-refractivity contribution in [1.82, 2.24) is 10.2 Å². The van der Waals surface area contributed by atoms with Gasteiger partial charge in [0.15, 0.2) is 0 Å². The molecule has 1 aromatic rings. The van der Waals surface area contributed by atoms with E-state index in [-0.39, 0.29) is 24.8 Å². The molecule has 0 saturated heterocycles. The topological polar surface area (TPSA) is 18.5 Å². The number of hydrogen-bond acceptors (Lipinski definition) is 3. The molecule has 0 fully saturated rings. The zero-order chi connectivity index (χ0) is 13.4. The van der Waals surface area contributed by atoms with Crippen LogP contribution < -0.4 is 10.2 Å². The van der Waals surface area contributed by atoms with Gasteiger partial charge in [-0.3, -0.25) is 0 Å². The highest BCUT2D eigenvalue weighted by Gasteiger charge is 2.01. The zero-order valence-electron chi connectivity index (χ0n) is 13.1. The van der Waals surface area contributed by atoms with Gasteiger partial charge in [0.2, 0.25) is 0 Å². The third-order valence-corrected chi connectivity index (χ3v) is 3.13. The second-order valence-electron chi connectivity index (χ2n) is 4.82. The van der Waals surface area contributed by atoms with E-state index in [1.165, 1.54) is 11.3 Å². The average molecular weight is 322 g/mol. The largest absolute Gasteiger partial charge is 0.372 e. The van der Waals surface area contributed by atoms with Crippen LogP contribution in [0.3, 0.4) is 0 Å². The Morgan fingerprint density at radius 2 is 1.50 bits per heavy atom. The Morgan fingerprint density at radius 1 is 0.950 bits per heavy atom. The van der Waals surface area contributed by atoms with E-state index in [1.807, 2.05) is 0 Å². The standard InChI is InChI=1S/C15H27N3.2ClH/c1-5-18(6-2)15-9-7-14(8-10-15)13-16-11-12-17(3)4;;/h7-10,16H,5-6,11-13H2,1-4H3;2*1H. The number of hydrogen-bond donors (Lipinski definition) is 1. The predicted molar refractivity (Wildman–Crippen MR) is 94.8 cm³/mol. The van der Waals surface area contributed by atoms with Gasteiger partial charge < -0.3 is 15.1 Å². The number of halogens is 2. The number of anilines is 1. The maximum atomic E-state index is 3.45. The van der Waals surface area contributed by atoms with Gasteiger partial charge in [-0.1, -0.05) is 12.1 Å². The Labute approximate surface area is 136 Å². The fourth-order valence-corrected chi connectivity index (χ4v) is 1.95. The van der Waals surface area contributed by atoms with Crippen LogP contribution in [-0.4, -0.2) is 45.2 Å². The molecule has 1 aromatic carbocycles. The van der Waals surface area contributed by atoms with E-state index in [9.17, 15) is 0 Å². The smallest absolute Gasteiger partial charge is 0.0366 e. The van der Waals surface area contributed by atoms with Gasteiger partial charge in [-0.15, -0.1) is 24.8 Å². The van der Waals surface area contributed by atoms with Crippen molar-refractivity contribution in [3.8, 4) is 0 Å². The predicted octanol–water partition coefficient (Wildman–Crippen LogP) is 3.03. The first-order valence-electron chi connectivity index (χ1n) is 6.86. The minimum atomic E-state index is 0. The highest BCUT2D eigenvalue weighted by Crippen LogP contribution is 2.14. The molecule has 1 rings (SSSR count). The number of likely N-dealkylation sites (N-methyl/N-ethyl adjacent to an activating group) is 1. The van der Waals surface area contributed by atoms with Crippen molar-refractivity contribution >= 4 is 30.5 Å². The second kappa shape index (κ2) is 12.3. The molecule has 0 radical (unpaired) electrons. The monoisotopic (exact) mass is 321 g/mol. The summed E-state index contributed by atoms with van der Waals surface area (Å²) in [4.78, 5) is 4.56. The van der Waals surface area contributed by atoms with Crippen LogP contribution in [0.25, 0.3) is 0 Å². The van der Waals surface area contributed by atoms with Crippen LogP contribution in [-0.2, 0) is 6.54 Å². The quantitative estimate of drug-likeness (QED) is 0.742. The van der Waals surface area contributed by atoms with Gasteiger partial charge >= 0.3 is 0 Å². The molecular formula is C15H29Cl2N3. The lowest BCUT2D eigenvalue weighted by molar-refractivity contribution is 0.400. The summed E-state index contributed by atoms with van der Waals surface area (Å²) in [7, 11) is 4.20. The molecule has 0 aliphatic heterocycles. The lowest BCUT2D eigenvalue weighted by atomic mass is 10.2. The van der Waals surface area contributed by atoms with Gasteiger partial charge in [0, 0.05) is 38.4 Å².